The van der Waals surface area contributed by atoms with Crippen LogP contribution in [-0.4, -0.2) is 52.5 Å². The van der Waals surface area contributed by atoms with Gasteiger partial charge >= 0.3 is 11.9 Å². The molecule has 0 aromatic carbocycles. The summed E-state index contributed by atoms with van der Waals surface area (Å²) < 4.78 is 4.64. The Morgan fingerprint density at radius 1 is 1.25 bits per heavy atom. The Morgan fingerprint density at radius 2 is 1.75 bits per heavy atom. The van der Waals surface area contributed by atoms with Crippen LogP contribution in [0.4, 0.5) is 0 Å². The van der Waals surface area contributed by atoms with Gasteiger partial charge in [-0.1, -0.05) is 13.8 Å². The summed E-state index contributed by atoms with van der Waals surface area (Å²) in [4.78, 5) is 23.5. The van der Waals surface area contributed by atoms with Gasteiger partial charge in [-0.15, -0.1) is 0 Å². The van der Waals surface area contributed by atoms with Crippen LogP contribution in [0.25, 0.3) is 0 Å². The van der Waals surface area contributed by atoms with E-state index in [2.05, 4.69) is 4.74 Å². The Labute approximate surface area is 94.8 Å². The van der Waals surface area contributed by atoms with E-state index < -0.39 is 24.1 Å². The quantitative estimate of drug-likeness (QED) is 0.477. The van der Waals surface area contributed by atoms with Crippen molar-refractivity contribution in [3.8, 4) is 0 Å². The molecule has 0 aromatic rings. The van der Waals surface area contributed by atoms with Crippen LogP contribution in [0.1, 0.15) is 27.2 Å². The Morgan fingerprint density at radius 3 is 2.06 bits per heavy atom. The molecule has 0 radical (unpaired) electrons. The number of carboxylic acids is 1. The molecule has 6 nitrogen and oxygen atoms in total. The highest BCUT2D eigenvalue weighted by molar-refractivity contribution is 5.83. The van der Waals surface area contributed by atoms with Crippen LogP contribution in [0.3, 0.4) is 0 Å². The molecule has 0 saturated heterocycles. The van der Waals surface area contributed by atoms with Crippen molar-refractivity contribution < 1.29 is 24.5 Å². The molecular formula is C10H19NO5. The summed E-state index contributed by atoms with van der Waals surface area (Å²) in [6, 6.07) is 0. The van der Waals surface area contributed by atoms with E-state index in [0.717, 1.165) is 0 Å². The van der Waals surface area contributed by atoms with Gasteiger partial charge in [-0.3, -0.25) is 9.69 Å². The van der Waals surface area contributed by atoms with Gasteiger partial charge in [0.15, 0.2) is 0 Å². The SMILES string of the molecule is CCOC(=O)CC(O)(C(=O)O)N(CC)CC. The Kier molecular flexibility index (Phi) is 5.98. The van der Waals surface area contributed by atoms with Gasteiger partial charge in [0.05, 0.1) is 13.0 Å². The van der Waals surface area contributed by atoms with Crippen molar-refractivity contribution in [3.05, 3.63) is 0 Å². The number of aliphatic hydroxyl groups is 1. The third kappa shape index (κ3) is 3.46. The minimum atomic E-state index is -2.18. The zero-order chi connectivity index (χ0) is 12.8. The summed E-state index contributed by atoms with van der Waals surface area (Å²) in [6.45, 7) is 5.87. The molecule has 94 valence electrons. The normalized spacial score (nSPS) is 14.6. The smallest absolute Gasteiger partial charge is 0.352 e. The summed E-state index contributed by atoms with van der Waals surface area (Å²) in [5.41, 5.74) is -2.18. The van der Waals surface area contributed by atoms with E-state index in [1.807, 2.05) is 0 Å². The monoisotopic (exact) mass is 233 g/mol. The molecule has 2 N–H and O–H groups in total. The number of carbonyl (C=O) groups excluding carboxylic acids is 1. The van der Waals surface area contributed by atoms with Gasteiger partial charge in [0.1, 0.15) is 0 Å². The lowest BCUT2D eigenvalue weighted by Crippen LogP contribution is -2.56. The van der Waals surface area contributed by atoms with Crippen LogP contribution in [0.5, 0.6) is 0 Å². The predicted molar refractivity (Wildman–Crippen MR) is 56.8 cm³/mol. The zero-order valence-corrected chi connectivity index (χ0v) is 9.89. The molecule has 0 aromatic heterocycles. The first-order valence-corrected chi connectivity index (χ1v) is 5.28. The number of likely N-dealkylation sites (N-methyl/N-ethyl adjacent to an activating group) is 1. The van der Waals surface area contributed by atoms with Crippen LogP contribution in [0, 0.1) is 0 Å². The largest absolute Gasteiger partial charge is 0.478 e. The van der Waals surface area contributed by atoms with Gasteiger partial charge in [-0.05, 0) is 20.0 Å². The van der Waals surface area contributed by atoms with Gasteiger partial charge in [0.2, 0.25) is 5.72 Å². The fourth-order valence-corrected chi connectivity index (χ4v) is 1.48. The third-order valence-electron chi connectivity index (χ3n) is 2.33. The van der Waals surface area contributed by atoms with Crippen molar-refractivity contribution in [2.24, 2.45) is 0 Å². The molecule has 0 spiro atoms. The molecular weight excluding hydrogens is 214 g/mol. The van der Waals surface area contributed by atoms with Gasteiger partial charge in [-0.2, -0.15) is 0 Å². The van der Waals surface area contributed by atoms with E-state index in [4.69, 9.17) is 5.11 Å². The summed E-state index contributed by atoms with van der Waals surface area (Å²) >= 11 is 0. The van der Waals surface area contributed by atoms with E-state index in [-0.39, 0.29) is 6.61 Å². The number of esters is 1. The fraction of sp³-hybridized carbons (Fsp3) is 0.800. The molecule has 0 amide bonds. The second kappa shape index (κ2) is 6.44. The average molecular weight is 233 g/mol. The van der Waals surface area contributed by atoms with Crippen LogP contribution in [0.15, 0.2) is 0 Å². The third-order valence-corrected chi connectivity index (χ3v) is 2.33. The maximum atomic E-state index is 11.2. The van der Waals surface area contributed by atoms with Gasteiger partial charge in [0.25, 0.3) is 0 Å². The lowest BCUT2D eigenvalue weighted by atomic mass is 10.1. The minimum Gasteiger partial charge on any atom is -0.478 e. The molecule has 0 aliphatic rings. The van der Waals surface area contributed by atoms with Crippen molar-refractivity contribution in [2.45, 2.75) is 32.9 Å². The molecule has 0 aliphatic carbocycles. The molecule has 0 fully saturated rings. The van der Waals surface area contributed by atoms with Crippen molar-refractivity contribution in [1.82, 2.24) is 4.90 Å². The van der Waals surface area contributed by atoms with Gasteiger partial charge < -0.3 is 14.9 Å². The van der Waals surface area contributed by atoms with Crippen LogP contribution >= 0.6 is 0 Å². The number of nitrogens with zero attached hydrogens (tertiary/aromatic N) is 1. The maximum absolute atomic E-state index is 11.2. The molecule has 0 rings (SSSR count). The second-order valence-electron chi connectivity index (χ2n) is 3.28. The number of aliphatic carboxylic acids is 1. The van der Waals surface area contributed by atoms with E-state index >= 15 is 0 Å². The molecule has 0 aliphatic heterocycles. The van der Waals surface area contributed by atoms with Crippen LogP contribution < -0.4 is 0 Å². The van der Waals surface area contributed by atoms with Gasteiger partial charge in [0, 0.05) is 0 Å². The van der Waals surface area contributed by atoms with Crippen LogP contribution in [-0.2, 0) is 14.3 Å². The van der Waals surface area contributed by atoms with E-state index in [1.165, 1.54) is 4.90 Å². The molecule has 1 atom stereocenters. The van der Waals surface area contributed by atoms with Crippen molar-refractivity contribution in [2.75, 3.05) is 19.7 Å². The summed E-state index contributed by atoms with van der Waals surface area (Å²) in [5.74, 6) is -2.16. The molecule has 6 heteroatoms. The molecule has 1 unspecified atom stereocenters. The maximum Gasteiger partial charge on any atom is 0.352 e. The lowest BCUT2D eigenvalue weighted by molar-refractivity contribution is -0.190. The van der Waals surface area contributed by atoms with Crippen LogP contribution in [0.2, 0.25) is 0 Å². The number of rotatable bonds is 7. The summed E-state index contributed by atoms with van der Waals surface area (Å²) in [6.07, 6.45) is -0.572. The number of hydrogen-bond donors (Lipinski definition) is 2. The minimum absolute atomic E-state index is 0.160. The first kappa shape index (κ1) is 14.9. The van der Waals surface area contributed by atoms with Crippen molar-refractivity contribution >= 4 is 11.9 Å². The number of carboxylic acid groups (broad SMARTS) is 1. The first-order valence-electron chi connectivity index (χ1n) is 5.28. The van der Waals surface area contributed by atoms with E-state index in [9.17, 15) is 14.7 Å². The highest BCUT2D eigenvalue weighted by Crippen LogP contribution is 2.17. The Hall–Kier alpha value is -1.14. The van der Waals surface area contributed by atoms with E-state index in [0.29, 0.717) is 13.1 Å². The molecule has 0 heterocycles. The zero-order valence-electron chi connectivity index (χ0n) is 9.89. The fourth-order valence-electron chi connectivity index (χ4n) is 1.48. The highest BCUT2D eigenvalue weighted by Gasteiger charge is 2.43. The number of carbonyl (C=O) groups is 2. The first-order chi connectivity index (χ1) is 7.42. The average Bonchev–Trinajstić information content (AvgIpc) is 2.19. The second-order valence-corrected chi connectivity index (χ2v) is 3.28. The van der Waals surface area contributed by atoms with E-state index in [1.54, 1.807) is 20.8 Å². The number of ether oxygens (including phenoxy) is 1. The molecule has 0 saturated carbocycles. The lowest BCUT2D eigenvalue weighted by Gasteiger charge is -2.33. The number of hydrogen-bond acceptors (Lipinski definition) is 5. The van der Waals surface area contributed by atoms with Gasteiger partial charge in [-0.25, -0.2) is 4.79 Å². The topological polar surface area (TPSA) is 87.1 Å². The van der Waals surface area contributed by atoms with Crippen molar-refractivity contribution in [1.29, 1.82) is 0 Å². The Balaban J connectivity index is 4.82. The van der Waals surface area contributed by atoms with Crippen molar-refractivity contribution in [3.63, 3.8) is 0 Å². The molecule has 16 heavy (non-hydrogen) atoms. The Bertz CT molecular complexity index is 252. The summed E-state index contributed by atoms with van der Waals surface area (Å²) in [7, 11) is 0. The highest BCUT2D eigenvalue weighted by atomic mass is 16.5. The predicted octanol–water partition coefficient (Wildman–Crippen LogP) is 0.0546. The molecule has 0 bridgehead atoms. The summed E-state index contributed by atoms with van der Waals surface area (Å²) in [5, 5.41) is 19.0. The standard InChI is InChI=1S/C10H19NO5/c1-4-11(5-2)10(15,9(13)14)7-8(12)16-6-3/h15H,4-7H2,1-3H3,(H,13,14).